The zero-order valence-corrected chi connectivity index (χ0v) is 17.8. The van der Waals surface area contributed by atoms with E-state index in [0.717, 1.165) is 44.1 Å². The van der Waals surface area contributed by atoms with Gasteiger partial charge in [0.2, 0.25) is 5.91 Å². The first-order chi connectivity index (χ1) is 13.3. The number of carbonyl (C=O) groups excluding carboxylic acids is 1. The fraction of sp³-hybridized carbons (Fsp3) is 0.682. The first kappa shape index (κ1) is 20.9. The zero-order valence-electron chi connectivity index (χ0n) is 17.0. The number of hydrogen-bond acceptors (Lipinski definition) is 4. The normalized spacial score (nSPS) is 24.9. The molecule has 0 saturated heterocycles. The van der Waals surface area contributed by atoms with Crippen LogP contribution in [0.2, 0.25) is 0 Å². The Morgan fingerprint density at radius 2 is 1.93 bits per heavy atom. The molecule has 0 aliphatic heterocycles. The van der Waals surface area contributed by atoms with Gasteiger partial charge in [0.25, 0.3) is 0 Å². The molecule has 2 N–H and O–H groups in total. The van der Waals surface area contributed by atoms with E-state index in [2.05, 4.69) is 32.2 Å². The molecule has 3 rings (SSSR count). The lowest BCUT2D eigenvalue weighted by molar-refractivity contribution is -0.147. The molecule has 1 fully saturated rings. The van der Waals surface area contributed by atoms with Crippen molar-refractivity contribution >= 4 is 28.2 Å². The summed E-state index contributed by atoms with van der Waals surface area (Å²) >= 11 is 1.52. The Morgan fingerprint density at radius 1 is 1.25 bits per heavy atom. The van der Waals surface area contributed by atoms with Gasteiger partial charge in [-0.15, -0.1) is 11.3 Å². The molecule has 0 unspecified atom stereocenters. The third-order valence-electron chi connectivity index (χ3n) is 7.05. The smallest absolute Gasteiger partial charge is 0.307 e. The van der Waals surface area contributed by atoms with Crippen LogP contribution in [0.5, 0.6) is 0 Å². The molecular weight excluding hydrogens is 372 g/mol. The van der Waals surface area contributed by atoms with Crippen LogP contribution in [0.4, 0.5) is 5.00 Å². The van der Waals surface area contributed by atoms with E-state index < -0.39 is 17.8 Å². The van der Waals surface area contributed by atoms with Crippen LogP contribution in [0.1, 0.15) is 75.3 Å². The third kappa shape index (κ3) is 3.96. The molecule has 6 heteroatoms. The number of nitrogens with one attached hydrogen (secondary N) is 1. The first-order valence-electron chi connectivity index (χ1n) is 10.4. The van der Waals surface area contributed by atoms with Gasteiger partial charge in [-0.25, -0.2) is 0 Å². The summed E-state index contributed by atoms with van der Waals surface area (Å²) in [6.07, 6.45) is 6.89. The minimum atomic E-state index is -0.893. The van der Waals surface area contributed by atoms with E-state index in [0.29, 0.717) is 29.3 Å². The molecule has 1 amide bonds. The third-order valence-corrected chi connectivity index (χ3v) is 8.22. The molecule has 5 nitrogen and oxygen atoms in total. The number of carboxylic acid groups (broad SMARTS) is 1. The molecular formula is C22H30N2O3S. The Hall–Kier alpha value is -1.87. The number of anilines is 1. The van der Waals surface area contributed by atoms with Crippen molar-refractivity contribution in [1.82, 2.24) is 0 Å². The molecule has 152 valence electrons. The van der Waals surface area contributed by atoms with Gasteiger partial charge in [0, 0.05) is 4.88 Å². The van der Waals surface area contributed by atoms with Crippen LogP contribution in [0, 0.1) is 34.5 Å². The first-order valence-corrected chi connectivity index (χ1v) is 11.2. The SMILES string of the molecule is CCC(C)(C)[C@@H]1CCc2c(sc(NC(=O)[C@H]3CCCC[C@@H]3C(=O)O)c2C#N)C1. The average molecular weight is 403 g/mol. The van der Waals surface area contributed by atoms with Gasteiger partial charge in [-0.1, -0.05) is 40.0 Å². The molecule has 0 radical (unpaired) electrons. The highest BCUT2D eigenvalue weighted by molar-refractivity contribution is 7.16. The Kier molecular flexibility index (Phi) is 6.14. The van der Waals surface area contributed by atoms with Crippen LogP contribution in [0.25, 0.3) is 0 Å². The monoisotopic (exact) mass is 402 g/mol. The molecule has 0 aromatic carbocycles. The zero-order chi connectivity index (χ0) is 20.5. The lowest BCUT2D eigenvalue weighted by Crippen LogP contribution is -2.36. The van der Waals surface area contributed by atoms with Gasteiger partial charge < -0.3 is 10.4 Å². The van der Waals surface area contributed by atoms with Gasteiger partial charge in [0.05, 0.1) is 17.4 Å². The number of nitriles is 1. The van der Waals surface area contributed by atoms with Crippen molar-refractivity contribution in [3.63, 3.8) is 0 Å². The largest absolute Gasteiger partial charge is 0.481 e. The summed E-state index contributed by atoms with van der Waals surface area (Å²) < 4.78 is 0. The van der Waals surface area contributed by atoms with E-state index in [-0.39, 0.29) is 11.3 Å². The van der Waals surface area contributed by atoms with Crippen molar-refractivity contribution in [2.75, 3.05) is 5.32 Å². The fourth-order valence-electron chi connectivity index (χ4n) is 4.69. The second-order valence-corrected chi connectivity index (χ2v) is 10.0. The summed E-state index contributed by atoms with van der Waals surface area (Å²) in [5.74, 6) is -1.69. The van der Waals surface area contributed by atoms with Crippen molar-refractivity contribution in [2.24, 2.45) is 23.2 Å². The maximum absolute atomic E-state index is 12.9. The molecule has 2 aliphatic rings. The summed E-state index contributed by atoms with van der Waals surface area (Å²) in [6, 6.07) is 2.29. The van der Waals surface area contributed by atoms with Crippen molar-refractivity contribution in [2.45, 2.75) is 72.1 Å². The molecule has 2 aliphatic carbocycles. The number of aliphatic carboxylic acids is 1. The fourth-order valence-corrected chi connectivity index (χ4v) is 5.97. The number of rotatable bonds is 5. The maximum atomic E-state index is 12.9. The van der Waals surface area contributed by atoms with Gasteiger partial charge in [-0.05, 0) is 49.0 Å². The summed E-state index contributed by atoms with van der Waals surface area (Å²) in [5, 5.41) is 22.7. The minimum absolute atomic E-state index is 0.243. The molecule has 1 heterocycles. The topological polar surface area (TPSA) is 90.2 Å². The van der Waals surface area contributed by atoms with E-state index in [4.69, 9.17) is 0 Å². The van der Waals surface area contributed by atoms with Crippen LogP contribution in [0.15, 0.2) is 0 Å². The van der Waals surface area contributed by atoms with Gasteiger partial charge in [0.15, 0.2) is 0 Å². The van der Waals surface area contributed by atoms with Gasteiger partial charge in [-0.3, -0.25) is 9.59 Å². The van der Waals surface area contributed by atoms with Crippen LogP contribution >= 0.6 is 11.3 Å². The van der Waals surface area contributed by atoms with Crippen LogP contribution in [0.3, 0.4) is 0 Å². The number of carboxylic acids is 1. The van der Waals surface area contributed by atoms with Gasteiger partial charge in [0.1, 0.15) is 11.1 Å². The summed E-state index contributed by atoms with van der Waals surface area (Å²) in [4.78, 5) is 25.6. The van der Waals surface area contributed by atoms with E-state index in [1.165, 1.54) is 16.2 Å². The van der Waals surface area contributed by atoms with Crippen LogP contribution in [-0.2, 0) is 22.4 Å². The van der Waals surface area contributed by atoms with E-state index >= 15 is 0 Å². The summed E-state index contributed by atoms with van der Waals surface area (Å²) in [5.41, 5.74) is 1.93. The lowest BCUT2D eigenvalue weighted by Gasteiger charge is -2.36. The van der Waals surface area contributed by atoms with Crippen LogP contribution in [-0.4, -0.2) is 17.0 Å². The van der Waals surface area contributed by atoms with Crippen molar-refractivity contribution in [3.05, 3.63) is 16.0 Å². The highest BCUT2D eigenvalue weighted by atomic mass is 32.1. The number of nitrogens with zero attached hydrogens (tertiary/aromatic N) is 1. The number of hydrogen-bond donors (Lipinski definition) is 2. The quantitative estimate of drug-likeness (QED) is 0.726. The van der Waals surface area contributed by atoms with Crippen LogP contribution < -0.4 is 5.32 Å². The number of fused-ring (bicyclic) bond motifs is 1. The van der Waals surface area contributed by atoms with Crippen molar-refractivity contribution < 1.29 is 14.7 Å². The second kappa shape index (κ2) is 8.24. The molecule has 3 atom stereocenters. The Balaban J connectivity index is 1.81. The Labute approximate surface area is 171 Å². The van der Waals surface area contributed by atoms with Gasteiger partial charge >= 0.3 is 5.97 Å². The van der Waals surface area contributed by atoms with Crippen molar-refractivity contribution in [1.29, 1.82) is 5.26 Å². The molecule has 1 saturated carbocycles. The standard InChI is InChI=1S/C22H30N2O3S/c1-4-22(2,3)13-9-10-14-17(12-23)20(28-18(14)11-13)24-19(25)15-7-5-6-8-16(15)21(26)27/h13,15-16H,4-11H2,1-3H3,(H,24,25)(H,26,27)/t13-,15+,16+/m1/s1. The molecule has 1 aromatic heterocycles. The van der Waals surface area contributed by atoms with E-state index in [1.807, 2.05) is 0 Å². The molecule has 0 spiro atoms. The predicted molar refractivity (Wildman–Crippen MR) is 110 cm³/mol. The summed E-state index contributed by atoms with van der Waals surface area (Å²) in [7, 11) is 0. The predicted octanol–water partition coefficient (Wildman–Crippen LogP) is 4.99. The Bertz CT molecular complexity index is 805. The minimum Gasteiger partial charge on any atom is -0.481 e. The summed E-state index contributed by atoms with van der Waals surface area (Å²) in [6.45, 7) is 6.83. The maximum Gasteiger partial charge on any atom is 0.307 e. The van der Waals surface area contributed by atoms with Crippen molar-refractivity contribution in [3.8, 4) is 6.07 Å². The highest BCUT2D eigenvalue weighted by Gasteiger charge is 2.37. The van der Waals surface area contributed by atoms with Gasteiger partial charge in [-0.2, -0.15) is 5.26 Å². The van der Waals surface area contributed by atoms with E-state index in [9.17, 15) is 20.0 Å². The number of amides is 1. The number of thiophene rings is 1. The van der Waals surface area contributed by atoms with E-state index in [1.54, 1.807) is 0 Å². The second-order valence-electron chi connectivity index (χ2n) is 8.93. The number of carbonyl (C=O) groups is 2. The average Bonchev–Trinajstić information content (AvgIpc) is 3.03. The Morgan fingerprint density at radius 3 is 2.54 bits per heavy atom. The molecule has 28 heavy (non-hydrogen) atoms. The highest BCUT2D eigenvalue weighted by Crippen LogP contribution is 2.45. The molecule has 1 aromatic rings. The molecule has 0 bridgehead atoms. The lowest BCUT2D eigenvalue weighted by atomic mass is 9.69.